The Hall–Kier alpha value is -1.71. The first-order valence-electron chi connectivity index (χ1n) is 4.06. The number of ether oxygens (including phenoxy) is 3. The number of rotatable bonds is 3. The zero-order valence-corrected chi connectivity index (χ0v) is 8.02. The van der Waals surface area contributed by atoms with Gasteiger partial charge in [0.25, 0.3) is 0 Å². The summed E-state index contributed by atoms with van der Waals surface area (Å²) in [7, 11) is 1.57. The van der Waals surface area contributed by atoms with Crippen molar-refractivity contribution in [1.82, 2.24) is 0 Å². The number of carbonyl (C=O) groups is 1. The highest BCUT2D eigenvalue weighted by molar-refractivity contribution is 5.64. The monoisotopic (exact) mass is 195 g/mol. The molecule has 0 aromatic heterocycles. The Kier molecular flexibility index (Phi) is 3.79. The van der Waals surface area contributed by atoms with E-state index >= 15 is 0 Å². The smallest absolute Gasteiger partial charge is 0.497 e. The minimum Gasteiger partial charge on any atom is -0.497 e. The van der Waals surface area contributed by atoms with Crippen molar-refractivity contribution >= 4 is 6.16 Å². The normalized spacial score (nSPS) is 9.29. The molecule has 4 nitrogen and oxygen atoms in total. The van der Waals surface area contributed by atoms with Gasteiger partial charge in [0.1, 0.15) is 18.1 Å². The van der Waals surface area contributed by atoms with Crippen LogP contribution >= 0.6 is 0 Å². The van der Waals surface area contributed by atoms with Crippen LogP contribution in [0.25, 0.3) is 0 Å². The van der Waals surface area contributed by atoms with Crippen LogP contribution in [0.1, 0.15) is 6.92 Å². The molecule has 0 aliphatic heterocycles. The highest BCUT2D eigenvalue weighted by Crippen LogP contribution is 2.17. The summed E-state index contributed by atoms with van der Waals surface area (Å²) in [5.41, 5.74) is 0. The zero-order chi connectivity index (χ0) is 10.4. The van der Waals surface area contributed by atoms with Gasteiger partial charge >= 0.3 is 6.16 Å². The molecule has 14 heavy (non-hydrogen) atoms. The van der Waals surface area contributed by atoms with E-state index in [9.17, 15) is 4.79 Å². The van der Waals surface area contributed by atoms with Gasteiger partial charge in [0.2, 0.25) is 0 Å². The first-order valence-corrected chi connectivity index (χ1v) is 4.06. The third-order valence-corrected chi connectivity index (χ3v) is 1.47. The molecule has 0 atom stereocenters. The fourth-order valence-corrected chi connectivity index (χ4v) is 0.860. The molecule has 0 aliphatic rings. The van der Waals surface area contributed by atoms with Crippen LogP contribution in [0.15, 0.2) is 24.3 Å². The number of hydrogen-bond acceptors (Lipinski definition) is 4. The van der Waals surface area contributed by atoms with Gasteiger partial charge in [-0.1, -0.05) is 0 Å². The van der Waals surface area contributed by atoms with E-state index in [1.807, 2.05) is 0 Å². The lowest BCUT2D eigenvalue weighted by Gasteiger charge is -2.04. The van der Waals surface area contributed by atoms with Crippen molar-refractivity contribution in [1.29, 1.82) is 0 Å². The molecule has 1 aromatic carbocycles. The van der Waals surface area contributed by atoms with Crippen LogP contribution < -0.4 is 9.47 Å². The van der Waals surface area contributed by atoms with Gasteiger partial charge in [-0.3, -0.25) is 0 Å². The van der Waals surface area contributed by atoms with E-state index in [1.54, 1.807) is 38.3 Å². The first-order chi connectivity index (χ1) is 6.76. The van der Waals surface area contributed by atoms with Crippen LogP contribution in [0.5, 0.6) is 11.5 Å². The van der Waals surface area contributed by atoms with Crippen molar-refractivity contribution in [2.45, 2.75) is 6.92 Å². The second-order valence-electron chi connectivity index (χ2n) is 2.38. The Morgan fingerprint density at radius 3 is 2.29 bits per heavy atom. The zero-order valence-electron chi connectivity index (χ0n) is 8.02. The van der Waals surface area contributed by atoms with E-state index < -0.39 is 6.16 Å². The summed E-state index contributed by atoms with van der Waals surface area (Å²) in [4.78, 5) is 10.9. The molecule has 0 N–H and O–H groups in total. The van der Waals surface area contributed by atoms with Gasteiger partial charge in [-0.2, -0.15) is 0 Å². The summed E-state index contributed by atoms with van der Waals surface area (Å²) in [6.07, 6.45) is -0.752. The lowest BCUT2D eigenvalue weighted by Crippen LogP contribution is -2.07. The lowest BCUT2D eigenvalue weighted by atomic mass is 10.3. The number of hydrogen-bond donors (Lipinski definition) is 0. The molecule has 0 unspecified atom stereocenters. The van der Waals surface area contributed by atoms with Gasteiger partial charge in [0.15, 0.2) is 0 Å². The maximum Gasteiger partial charge on any atom is 0.514 e. The second-order valence-corrected chi connectivity index (χ2v) is 2.38. The fraction of sp³-hybridized carbons (Fsp3) is 0.200. The summed E-state index contributed by atoms with van der Waals surface area (Å²) in [6.45, 7) is 2.85. The molecule has 0 spiro atoms. The summed E-state index contributed by atoms with van der Waals surface area (Å²) in [6, 6.07) is 6.63. The molecule has 1 radical (unpaired) electrons. The minimum absolute atomic E-state index is 0.414. The number of methoxy groups -OCH3 is 1. The van der Waals surface area contributed by atoms with Crippen molar-refractivity contribution in [2.24, 2.45) is 0 Å². The molecule has 0 amide bonds. The van der Waals surface area contributed by atoms with Crippen LogP contribution in [0.3, 0.4) is 0 Å². The fourth-order valence-electron chi connectivity index (χ4n) is 0.860. The molecule has 0 aliphatic carbocycles. The van der Waals surface area contributed by atoms with Crippen LogP contribution in [-0.4, -0.2) is 13.3 Å². The van der Waals surface area contributed by atoms with E-state index in [2.05, 4.69) is 4.74 Å². The number of benzene rings is 1. The van der Waals surface area contributed by atoms with Gasteiger partial charge in [0, 0.05) is 0 Å². The molecule has 0 saturated heterocycles. The predicted molar refractivity (Wildman–Crippen MR) is 50.1 cm³/mol. The minimum atomic E-state index is -0.752. The Balaban J connectivity index is 2.55. The average molecular weight is 195 g/mol. The van der Waals surface area contributed by atoms with Crippen LogP contribution in [0.4, 0.5) is 4.79 Å². The van der Waals surface area contributed by atoms with Crippen LogP contribution in [-0.2, 0) is 4.74 Å². The molecule has 75 valence electrons. The van der Waals surface area contributed by atoms with Crippen molar-refractivity contribution in [3.63, 3.8) is 0 Å². The van der Waals surface area contributed by atoms with Crippen LogP contribution in [0, 0.1) is 6.61 Å². The Morgan fingerprint density at radius 2 is 1.79 bits per heavy atom. The van der Waals surface area contributed by atoms with Crippen LogP contribution in [0.2, 0.25) is 0 Å². The molecular weight excluding hydrogens is 184 g/mol. The summed E-state index contributed by atoms with van der Waals surface area (Å²) in [5, 5.41) is 0. The molecule has 4 heteroatoms. The largest absolute Gasteiger partial charge is 0.514 e. The van der Waals surface area contributed by atoms with Gasteiger partial charge < -0.3 is 14.2 Å². The number of carbonyl (C=O) groups excluding carboxylic acids is 1. The molecule has 0 fully saturated rings. The average Bonchev–Trinajstić information content (AvgIpc) is 2.19. The van der Waals surface area contributed by atoms with Gasteiger partial charge in [-0.15, -0.1) is 0 Å². The van der Waals surface area contributed by atoms with Crippen molar-refractivity contribution < 1.29 is 19.0 Å². The van der Waals surface area contributed by atoms with E-state index in [1.165, 1.54) is 6.61 Å². The lowest BCUT2D eigenvalue weighted by molar-refractivity contribution is 0.123. The molecule has 0 saturated carbocycles. The van der Waals surface area contributed by atoms with E-state index in [-0.39, 0.29) is 0 Å². The van der Waals surface area contributed by atoms with Crippen molar-refractivity contribution in [2.75, 3.05) is 7.11 Å². The summed E-state index contributed by atoms with van der Waals surface area (Å²) < 4.78 is 14.2. The maximum absolute atomic E-state index is 10.9. The third-order valence-electron chi connectivity index (χ3n) is 1.47. The van der Waals surface area contributed by atoms with Gasteiger partial charge in [0.05, 0.1) is 7.11 Å². The van der Waals surface area contributed by atoms with E-state index in [0.717, 1.165) is 0 Å². The second kappa shape index (κ2) is 5.11. The topological polar surface area (TPSA) is 44.8 Å². The summed E-state index contributed by atoms with van der Waals surface area (Å²) in [5.74, 6) is 1.12. The van der Waals surface area contributed by atoms with Crippen molar-refractivity contribution in [3.8, 4) is 11.5 Å². The van der Waals surface area contributed by atoms with Gasteiger partial charge in [-0.25, -0.2) is 4.79 Å². The Labute approximate surface area is 82.4 Å². The molecule has 0 bridgehead atoms. The molecule has 1 rings (SSSR count). The predicted octanol–water partition coefficient (Wildman–Crippen LogP) is 2.39. The Morgan fingerprint density at radius 1 is 1.21 bits per heavy atom. The highest BCUT2D eigenvalue weighted by atomic mass is 16.7. The Bertz CT molecular complexity index is 291. The third kappa shape index (κ3) is 2.97. The van der Waals surface area contributed by atoms with Crippen molar-refractivity contribution in [3.05, 3.63) is 30.9 Å². The van der Waals surface area contributed by atoms with E-state index in [4.69, 9.17) is 9.47 Å². The quantitative estimate of drug-likeness (QED) is 0.548. The standard InChI is InChI=1S/C10H11O4/c1-3-13-10(11)14-9-6-4-8(12-2)5-7-9/h3-7H,1-2H3. The van der Waals surface area contributed by atoms with Gasteiger partial charge in [-0.05, 0) is 31.2 Å². The highest BCUT2D eigenvalue weighted by Gasteiger charge is 2.04. The maximum atomic E-state index is 10.9. The molecular formula is C10H11O4. The van der Waals surface area contributed by atoms with E-state index in [0.29, 0.717) is 11.5 Å². The molecule has 0 heterocycles. The first kappa shape index (κ1) is 10.4. The molecule has 1 aromatic rings. The summed E-state index contributed by atoms with van der Waals surface area (Å²) >= 11 is 0. The SMILES string of the molecule is C[CH]OC(=O)Oc1ccc(OC)cc1.